The highest BCUT2D eigenvalue weighted by atomic mass is 33.1. The molecule has 8 nitrogen and oxygen atoms in total. The fraction of sp³-hybridized carbons (Fsp3) is 0.333. The lowest BCUT2D eigenvalue weighted by atomic mass is 10.6. The van der Waals surface area contributed by atoms with Gasteiger partial charge in [-0.15, -0.1) is 4.73 Å². The average Bonchev–Trinajstić information content (AvgIpc) is 2.81. The molecule has 0 fully saturated rings. The van der Waals surface area contributed by atoms with Crippen molar-refractivity contribution in [3.8, 4) is 11.8 Å². The maximum Gasteiger partial charge on any atom is 0.533 e. The van der Waals surface area contributed by atoms with Gasteiger partial charge < -0.3 is 19.7 Å². The van der Waals surface area contributed by atoms with Gasteiger partial charge in [0, 0.05) is 29.7 Å². The Morgan fingerprint density at radius 2 is 1.68 bits per heavy atom. The van der Waals surface area contributed by atoms with E-state index in [1.165, 1.54) is 21.6 Å². The molecule has 0 saturated heterocycles. The van der Waals surface area contributed by atoms with Crippen LogP contribution in [-0.2, 0) is 14.3 Å². The third-order valence-electron chi connectivity index (χ3n) is 2.01. The average molecular weight is 349 g/mol. The molecule has 0 aromatic carbocycles. The van der Waals surface area contributed by atoms with Crippen LogP contribution in [0.15, 0.2) is 24.8 Å². The van der Waals surface area contributed by atoms with Crippen molar-refractivity contribution in [2.45, 2.75) is 0 Å². The lowest BCUT2D eigenvalue weighted by molar-refractivity contribution is -0.137. The van der Waals surface area contributed by atoms with Crippen LogP contribution in [0.5, 0.6) is 11.8 Å². The van der Waals surface area contributed by atoms with Crippen LogP contribution in [0.2, 0.25) is 0 Å². The highest BCUT2D eigenvalue weighted by Gasteiger charge is 2.12. The number of hydrogen-bond donors (Lipinski definition) is 2. The first-order chi connectivity index (χ1) is 10.5. The van der Waals surface area contributed by atoms with Crippen LogP contribution in [0.25, 0.3) is 0 Å². The molecule has 10 heteroatoms. The minimum atomic E-state index is -1.05. The molecule has 1 heterocycles. The Hall–Kier alpha value is -1.94. The summed E-state index contributed by atoms with van der Waals surface area (Å²) in [5.41, 5.74) is 0. The van der Waals surface area contributed by atoms with E-state index in [1.807, 2.05) is 0 Å². The minimum Gasteiger partial charge on any atom is -0.492 e. The summed E-state index contributed by atoms with van der Waals surface area (Å²) in [4.78, 5) is 26.6. The Balaban J connectivity index is 2.04. The second-order valence-corrected chi connectivity index (χ2v) is 6.25. The SMILES string of the molecule is C=CC(=O)OCCSSCCOC(=O)On1c(O)ccc1O. The van der Waals surface area contributed by atoms with E-state index < -0.39 is 23.9 Å². The number of esters is 1. The fourth-order valence-corrected chi connectivity index (χ4v) is 2.76. The van der Waals surface area contributed by atoms with Crippen molar-refractivity contribution >= 4 is 33.7 Å². The highest BCUT2D eigenvalue weighted by Crippen LogP contribution is 2.21. The normalized spacial score (nSPS) is 10.0. The van der Waals surface area contributed by atoms with Crippen molar-refractivity contribution in [3.05, 3.63) is 24.8 Å². The number of ether oxygens (including phenoxy) is 2. The Bertz CT molecular complexity index is 498. The van der Waals surface area contributed by atoms with Crippen molar-refractivity contribution in [1.29, 1.82) is 0 Å². The molecule has 0 aliphatic heterocycles. The first-order valence-electron chi connectivity index (χ1n) is 6.03. The number of nitrogens with zero attached hydrogens (tertiary/aromatic N) is 1. The van der Waals surface area contributed by atoms with E-state index in [1.54, 1.807) is 0 Å². The zero-order valence-electron chi connectivity index (χ0n) is 11.5. The van der Waals surface area contributed by atoms with Crippen molar-refractivity contribution in [1.82, 2.24) is 4.73 Å². The molecule has 0 unspecified atom stereocenters. The molecule has 0 amide bonds. The highest BCUT2D eigenvalue weighted by molar-refractivity contribution is 8.76. The van der Waals surface area contributed by atoms with Gasteiger partial charge in [-0.1, -0.05) is 28.2 Å². The summed E-state index contributed by atoms with van der Waals surface area (Å²) >= 11 is 0. The molecule has 1 rings (SSSR count). The quantitative estimate of drug-likeness (QED) is 0.297. The number of hydrogen-bond acceptors (Lipinski definition) is 9. The summed E-state index contributed by atoms with van der Waals surface area (Å²) in [5.74, 6) is -0.214. The molecular formula is C12H15NO7S2. The second kappa shape index (κ2) is 9.90. The summed E-state index contributed by atoms with van der Waals surface area (Å²) in [6.07, 6.45) is 0.0461. The number of carbonyl (C=O) groups excluding carboxylic acids is 2. The summed E-state index contributed by atoms with van der Waals surface area (Å²) in [6, 6.07) is 2.32. The Morgan fingerprint density at radius 1 is 1.14 bits per heavy atom. The lowest BCUT2D eigenvalue weighted by Crippen LogP contribution is -2.21. The second-order valence-electron chi connectivity index (χ2n) is 3.55. The summed E-state index contributed by atoms with van der Waals surface area (Å²) < 4.78 is 10.1. The lowest BCUT2D eigenvalue weighted by Gasteiger charge is -2.07. The Kier molecular flexibility index (Phi) is 8.15. The van der Waals surface area contributed by atoms with Crippen LogP contribution in [0.4, 0.5) is 4.79 Å². The van der Waals surface area contributed by atoms with Crippen molar-refractivity contribution in [2.75, 3.05) is 24.7 Å². The van der Waals surface area contributed by atoms with E-state index in [2.05, 4.69) is 11.4 Å². The predicted molar refractivity (Wildman–Crippen MR) is 81.8 cm³/mol. The van der Waals surface area contributed by atoms with Gasteiger partial charge in [-0.3, -0.25) is 4.84 Å². The molecule has 0 saturated carbocycles. The summed E-state index contributed by atoms with van der Waals surface area (Å²) in [5, 5.41) is 18.5. The largest absolute Gasteiger partial charge is 0.533 e. The van der Waals surface area contributed by atoms with Gasteiger partial charge >= 0.3 is 12.1 Å². The van der Waals surface area contributed by atoms with Gasteiger partial charge in [-0.05, 0) is 0 Å². The van der Waals surface area contributed by atoms with Crippen LogP contribution < -0.4 is 4.84 Å². The van der Waals surface area contributed by atoms with Gasteiger partial charge in [0.05, 0.1) is 0 Å². The maximum atomic E-state index is 11.3. The standard InChI is InChI=1S/C12H15NO7S2/c1-2-11(16)18-5-7-21-22-8-6-19-12(17)20-13-9(14)3-4-10(13)15/h2-4,14-15H,1,5-8H2. The van der Waals surface area contributed by atoms with Crippen molar-refractivity contribution in [2.24, 2.45) is 0 Å². The monoisotopic (exact) mass is 349 g/mol. The molecule has 1 aromatic rings. The van der Waals surface area contributed by atoms with E-state index in [0.29, 0.717) is 16.2 Å². The molecule has 22 heavy (non-hydrogen) atoms. The van der Waals surface area contributed by atoms with Crippen molar-refractivity contribution < 1.29 is 34.1 Å². The molecule has 122 valence electrons. The topological polar surface area (TPSA) is 107 Å². The first kappa shape index (κ1) is 18.1. The fourth-order valence-electron chi connectivity index (χ4n) is 1.11. The Morgan fingerprint density at radius 3 is 2.23 bits per heavy atom. The number of rotatable bonds is 9. The molecular weight excluding hydrogens is 334 g/mol. The van der Waals surface area contributed by atoms with Crippen LogP contribution in [0.3, 0.4) is 0 Å². The Labute approximate surface area is 134 Å². The molecule has 0 aliphatic carbocycles. The van der Waals surface area contributed by atoms with Gasteiger partial charge in [-0.2, -0.15) is 0 Å². The minimum absolute atomic E-state index is 0.0890. The number of aromatic hydroxyl groups is 2. The van der Waals surface area contributed by atoms with Crippen LogP contribution in [0, 0.1) is 0 Å². The van der Waals surface area contributed by atoms with E-state index in [4.69, 9.17) is 9.47 Å². The molecule has 2 N–H and O–H groups in total. The molecule has 0 atom stereocenters. The predicted octanol–water partition coefficient (Wildman–Crippen LogP) is 1.58. The summed E-state index contributed by atoms with van der Waals surface area (Å²) in [6.45, 7) is 3.64. The van der Waals surface area contributed by atoms with Gasteiger partial charge in [0.1, 0.15) is 13.2 Å². The third kappa shape index (κ3) is 6.68. The molecule has 0 bridgehead atoms. The van der Waals surface area contributed by atoms with E-state index >= 15 is 0 Å². The van der Waals surface area contributed by atoms with E-state index in [-0.39, 0.29) is 13.2 Å². The van der Waals surface area contributed by atoms with Gasteiger partial charge in [-0.25, -0.2) is 9.59 Å². The molecule has 0 aliphatic rings. The number of carbonyl (C=O) groups is 2. The molecule has 1 aromatic heterocycles. The number of aromatic nitrogens is 1. The van der Waals surface area contributed by atoms with Crippen LogP contribution in [-0.4, -0.2) is 51.8 Å². The zero-order chi connectivity index (χ0) is 16.4. The van der Waals surface area contributed by atoms with E-state index in [9.17, 15) is 19.8 Å². The van der Waals surface area contributed by atoms with E-state index in [0.717, 1.165) is 18.2 Å². The molecule has 0 spiro atoms. The smallest absolute Gasteiger partial charge is 0.492 e. The van der Waals surface area contributed by atoms with Gasteiger partial charge in [0.25, 0.3) is 0 Å². The third-order valence-corrected chi connectivity index (χ3v) is 4.34. The zero-order valence-corrected chi connectivity index (χ0v) is 13.1. The maximum absolute atomic E-state index is 11.3. The van der Waals surface area contributed by atoms with Crippen LogP contribution in [0.1, 0.15) is 0 Å². The van der Waals surface area contributed by atoms with Crippen LogP contribution >= 0.6 is 21.6 Å². The first-order valence-corrected chi connectivity index (χ1v) is 8.51. The van der Waals surface area contributed by atoms with Gasteiger partial charge in [0.15, 0.2) is 0 Å². The van der Waals surface area contributed by atoms with Gasteiger partial charge in [0.2, 0.25) is 11.8 Å². The summed E-state index contributed by atoms with van der Waals surface area (Å²) in [7, 11) is 2.89. The van der Waals surface area contributed by atoms with Crippen molar-refractivity contribution in [3.63, 3.8) is 0 Å². The molecule has 0 radical (unpaired) electrons.